The largest absolute Gasteiger partial charge is 0.512 e. The lowest BCUT2D eigenvalue weighted by atomic mass is 9.50. The molecule has 0 N–H and O–H groups in total. The number of carbonyl (C=O) groups excluding carboxylic acids is 1. The van der Waals surface area contributed by atoms with Gasteiger partial charge in [0, 0.05) is 24.3 Å². The molecule has 0 radical (unpaired) electrons. The Morgan fingerprint density at radius 2 is 2.21 bits per heavy atom. The maximum atomic E-state index is 11.8. The van der Waals surface area contributed by atoms with Gasteiger partial charge >= 0.3 is 6.16 Å². The summed E-state index contributed by atoms with van der Waals surface area (Å²) in [6.45, 7) is 10.0. The van der Waals surface area contributed by atoms with E-state index in [1.165, 1.54) is 22.3 Å². The van der Waals surface area contributed by atoms with Crippen molar-refractivity contribution in [1.29, 1.82) is 0 Å². The normalized spacial score (nSPS) is 37.1. The number of piperidine rings is 1. The Bertz CT molecular complexity index is 864. The van der Waals surface area contributed by atoms with Gasteiger partial charge in [-0.3, -0.25) is 4.48 Å². The molecule has 5 heteroatoms. The van der Waals surface area contributed by atoms with Crippen LogP contribution in [0.1, 0.15) is 42.9 Å². The van der Waals surface area contributed by atoms with Gasteiger partial charge in [-0.2, -0.15) is 0 Å². The highest BCUT2D eigenvalue weighted by Crippen LogP contribution is 2.64. The second-order valence-corrected chi connectivity index (χ2v) is 9.27. The number of rotatable bonds is 3. The Kier molecular flexibility index (Phi) is 3.86. The first-order valence-electron chi connectivity index (χ1n) is 10.5. The molecule has 1 aromatic carbocycles. The fraction of sp³-hybridized carbons (Fsp3) is 0.609. The lowest BCUT2D eigenvalue weighted by Crippen LogP contribution is -2.71. The van der Waals surface area contributed by atoms with Gasteiger partial charge in [0.05, 0.1) is 31.7 Å². The van der Waals surface area contributed by atoms with Crippen LogP contribution in [-0.4, -0.2) is 49.7 Å². The number of nitrogens with zero attached hydrogens (tertiary/aromatic N) is 1. The molecular weight excluding hydrogens is 354 g/mol. The van der Waals surface area contributed by atoms with Crippen LogP contribution in [0.15, 0.2) is 24.3 Å². The second-order valence-electron chi connectivity index (χ2n) is 9.27. The number of benzene rings is 1. The lowest BCUT2D eigenvalue weighted by molar-refractivity contribution is -0.959. The molecule has 1 saturated heterocycles. The minimum absolute atomic E-state index is 0.0522. The molecule has 1 spiro atoms. The van der Waals surface area contributed by atoms with Crippen molar-refractivity contribution in [2.24, 2.45) is 5.92 Å². The molecule has 28 heavy (non-hydrogen) atoms. The number of aryl methyl sites for hydroxylation is 1. The molecule has 2 bridgehead atoms. The van der Waals surface area contributed by atoms with E-state index in [4.69, 9.17) is 14.2 Å². The third-order valence-electron chi connectivity index (χ3n) is 7.89. The standard InChI is InChI=1S/C23H30NO4/c1-5-26-22(25)27-13-24(4)11-10-23-17-9-7-15(3)21(23)28-20-14(2)6-8-16(19(20)23)12-18(17)24/h6,8,17-18,21H,3,5,7,9-13H2,1-2,4H3/q+1/t17-,18?,21-,23-,24+/m0/s1. The van der Waals surface area contributed by atoms with E-state index < -0.39 is 6.16 Å². The molecule has 0 aromatic heterocycles. The molecule has 5 rings (SSSR count). The van der Waals surface area contributed by atoms with E-state index in [1.54, 1.807) is 6.92 Å². The second kappa shape index (κ2) is 5.99. The summed E-state index contributed by atoms with van der Waals surface area (Å²) in [5.74, 6) is 1.65. The molecule has 4 aliphatic rings. The van der Waals surface area contributed by atoms with Crippen LogP contribution in [0.25, 0.3) is 0 Å². The molecule has 2 heterocycles. The Balaban J connectivity index is 1.56. The fourth-order valence-corrected chi connectivity index (χ4v) is 6.60. The van der Waals surface area contributed by atoms with Gasteiger partial charge in [-0.15, -0.1) is 0 Å². The van der Waals surface area contributed by atoms with Gasteiger partial charge in [0.1, 0.15) is 11.9 Å². The quantitative estimate of drug-likeness (QED) is 0.451. The van der Waals surface area contributed by atoms with Crippen molar-refractivity contribution in [3.63, 3.8) is 0 Å². The maximum absolute atomic E-state index is 11.8. The Labute approximate surface area is 166 Å². The predicted molar refractivity (Wildman–Crippen MR) is 105 cm³/mol. The number of likely N-dealkylation sites (tertiary alicyclic amines) is 1. The van der Waals surface area contributed by atoms with Crippen molar-refractivity contribution in [2.45, 2.75) is 57.1 Å². The summed E-state index contributed by atoms with van der Waals surface area (Å²) >= 11 is 0. The first kappa shape index (κ1) is 18.0. The highest BCUT2D eigenvalue weighted by Gasteiger charge is 2.67. The molecular formula is C23H30NO4+. The number of carbonyl (C=O) groups is 1. The molecule has 5 nitrogen and oxygen atoms in total. The summed E-state index contributed by atoms with van der Waals surface area (Å²) in [6, 6.07) is 4.91. The van der Waals surface area contributed by atoms with E-state index in [1.807, 2.05) is 0 Å². The van der Waals surface area contributed by atoms with E-state index in [0.717, 1.165) is 42.5 Å². The summed E-state index contributed by atoms with van der Waals surface area (Å²) in [5.41, 5.74) is 5.42. The molecule has 2 fully saturated rings. The van der Waals surface area contributed by atoms with Gasteiger partial charge < -0.3 is 14.2 Å². The average Bonchev–Trinajstić information content (AvgIpc) is 3.03. The maximum Gasteiger partial charge on any atom is 0.512 e. The van der Waals surface area contributed by atoms with Crippen LogP contribution in [0, 0.1) is 12.8 Å². The van der Waals surface area contributed by atoms with E-state index in [0.29, 0.717) is 25.3 Å². The van der Waals surface area contributed by atoms with E-state index >= 15 is 0 Å². The summed E-state index contributed by atoms with van der Waals surface area (Å²) in [4.78, 5) is 11.8. The van der Waals surface area contributed by atoms with Gasteiger partial charge in [0.15, 0.2) is 0 Å². The average molecular weight is 384 g/mol. The smallest absolute Gasteiger partial charge is 0.485 e. The van der Waals surface area contributed by atoms with Crippen molar-refractivity contribution in [3.05, 3.63) is 41.0 Å². The van der Waals surface area contributed by atoms with E-state index in [-0.39, 0.29) is 11.5 Å². The number of hydrogen-bond donors (Lipinski definition) is 0. The van der Waals surface area contributed by atoms with Gasteiger partial charge in [-0.25, -0.2) is 4.79 Å². The summed E-state index contributed by atoms with van der Waals surface area (Å²) < 4.78 is 17.9. The van der Waals surface area contributed by atoms with Crippen LogP contribution in [0.4, 0.5) is 4.79 Å². The van der Waals surface area contributed by atoms with Gasteiger partial charge in [0.2, 0.25) is 6.73 Å². The van der Waals surface area contributed by atoms with Gasteiger partial charge in [-0.1, -0.05) is 18.7 Å². The molecule has 5 atom stereocenters. The van der Waals surface area contributed by atoms with Crippen LogP contribution in [0.5, 0.6) is 5.75 Å². The summed E-state index contributed by atoms with van der Waals surface area (Å²) in [5, 5.41) is 0. The van der Waals surface area contributed by atoms with Crippen molar-refractivity contribution < 1.29 is 23.5 Å². The summed E-state index contributed by atoms with van der Waals surface area (Å²) in [6.07, 6.45) is 3.77. The van der Waals surface area contributed by atoms with E-state index in [9.17, 15) is 4.79 Å². The topological polar surface area (TPSA) is 44.8 Å². The van der Waals surface area contributed by atoms with Crippen LogP contribution in [0.2, 0.25) is 0 Å². The van der Waals surface area contributed by atoms with Crippen molar-refractivity contribution in [1.82, 2.24) is 0 Å². The Morgan fingerprint density at radius 1 is 1.39 bits per heavy atom. The van der Waals surface area contributed by atoms with Crippen LogP contribution >= 0.6 is 0 Å². The van der Waals surface area contributed by atoms with E-state index in [2.05, 4.69) is 32.7 Å². The first-order valence-corrected chi connectivity index (χ1v) is 10.5. The van der Waals surface area contributed by atoms with Crippen molar-refractivity contribution >= 4 is 6.16 Å². The highest BCUT2D eigenvalue weighted by molar-refractivity contribution is 5.60. The number of likely N-dealkylation sites (N-methyl/N-ethyl adjacent to an activating group) is 1. The highest BCUT2D eigenvalue weighted by atomic mass is 16.7. The van der Waals surface area contributed by atoms with Gasteiger partial charge in [0.25, 0.3) is 0 Å². The van der Waals surface area contributed by atoms with Crippen LogP contribution in [0.3, 0.4) is 0 Å². The van der Waals surface area contributed by atoms with Crippen molar-refractivity contribution in [3.8, 4) is 5.75 Å². The fourth-order valence-electron chi connectivity index (χ4n) is 6.60. The predicted octanol–water partition coefficient (Wildman–Crippen LogP) is 3.87. The van der Waals surface area contributed by atoms with Crippen molar-refractivity contribution in [2.75, 3.05) is 26.9 Å². The monoisotopic (exact) mass is 384 g/mol. The minimum atomic E-state index is -0.560. The zero-order valence-corrected chi connectivity index (χ0v) is 17.1. The lowest BCUT2D eigenvalue weighted by Gasteiger charge is -2.60. The minimum Gasteiger partial charge on any atom is -0.485 e. The Morgan fingerprint density at radius 3 is 3.00 bits per heavy atom. The molecule has 150 valence electrons. The Hall–Kier alpha value is -2.01. The zero-order chi connectivity index (χ0) is 19.7. The number of quaternary nitrogens is 1. The number of hydrogen-bond acceptors (Lipinski definition) is 4. The SMILES string of the molecule is C=C1CC[C@H]2C3Cc4ccc(C)c5c4[C@@]2(CC[N@+]3(C)COC(=O)OCC)[C@H]1O5. The number of ether oxygens (including phenoxy) is 3. The third kappa shape index (κ3) is 2.20. The molecule has 0 amide bonds. The van der Waals surface area contributed by atoms with Crippen LogP contribution in [-0.2, 0) is 21.3 Å². The van der Waals surface area contributed by atoms with Gasteiger partial charge in [-0.05, 0) is 43.4 Å². The molecule has 2 aliphatic heterocycles. The van der Waals surface area contributed by atoms with Crippen LogP contribution < -0.4 is 4.74 Å². The first-order chi connectivity index (χ1) is 13.4. The molecule has 1 unspecified atom stereocenters. The molecule has 2 aliphatic carbocycles. The molecule has 1 saturated carbocycles. The third-order valence-corrected chi connectivity index (χ3v) is 7.89. The summed E-state index contributed by atoms with van der Waals surface area (Å²) in [7, 11) is 2.24. The zero-order valence-electron chi connectivity index (χ0n) is 17.1. The molecule has 1 aromatic rings.